The maximum atomic E-state index is 3.57. The topological polar surface area (TPSA) is 24.1 Å². The van der Waals surface area contributed by atoms with E-state index in [0.717, 1.165) is 13.1 Å². The van der Waals surface area contributed by atoms with Crippen molar-refractivity contribution in [2.45, 2.75) is 58.0 Å². The Hall–Kier alpha value is -0.860. The first-order valence-electron chi connectivity index (χ1n) is 7.82. The Morgan fingerprint density at radius 3 is 2.68 bits per heavy atom. The molecule has 0 aliphatic carbocycles. The maximum Gasteiger partial charge on any atom is 0.0206 e. The van der Waals surface area contributed by atoms with E-state index in [2.05, 4.69) is 48.7 Å². The first kappa shape index (κ1) is 14.5. The van der Waals surface area contributed by atoms with Crippen LogP contribution in [-0.4, -0.2) is 19.1 Å². The summed E-state index contributed by atoms with van der Waals surface area (Å²) in [5.41, 5.74) is 2.85. The minimum atomic E-state index is 0.674. The van der Waals surface area contributed by atoms with Gasteiger partial charge in [0.05, 0.1) is 0 Å². The molecule has 2 rings (SSSR count). The molecule has 1 fully saturated rings. The van der Waals surface area contributed by atoms with Gasteiger partial charge in [0.15, 0.2) is 0 Å². The van der Waals surface area contributed by atoms with Crippen LogP contribution < -0.4 is 10.6 Å². The van der Waals surface area contributed by atoms with Crippen molar-refractivity contribution in [3.63, 3.8) is 0 Å². The minimum Gasteiger partial charge on any atom is -0.313 e. The van der Waals surface area contributed by atoms with Crippen LogP contribution in [0.5, 0.6) is 0 Å². The summed E-state index contributed by atoms with van der Waals surface area (Å²) in [6, 6.07) is 9.77. The van der Waals surface area contributed by atoms with Crippen LogP contribution >= 0.6 is 0 Å². The highest BCUT2D eigenvalue weighted by atomic mass is 15.0. The maximum absolute atomic E-state index is 3.57. The summed E-state index contributed by atoms with van der Waals surface area (Å²) in [4.78, 5) is 0. The second-order valence-corrected chi connectivity index (χ2v) is 5.83. The van der Waals surface area contributed by atoms with E-state index in [9.17, 15) is 0 Å². The molecule has 1 aliphatic heterocycles. The molecule has 2 heteroatoms. The second kappa shape index (κ2) is 7.66. The summed E-state index contributed by atoms with van der Waals surface area (Å²) in [7, 11) is 0. The molecule has 1 aliphatic rings. The smallest absolute Gasteiger partial charge is 0.0206 e. The van der Waals surface area contributed by atoms with Gasteiger partial charge >= 0.3 is 0 Å². The lowest BCUT2D eigenvalue weighted by atomic mass is 9.97. The number of piperidine rings is 1. The number of nitrogens with one attached hydrogen (secondary N) is 2. The Morgan fingerprint density at radius 2 is 2.05 bits per heavy atom. The fourth-order valence-electron chi connectivity index (χ4n) is 2.69. The summed E-state index contributed by atoms with van der Waals surface area (Å²) in [5, 5.41) is 7.15. The summed E-state index contributed by atoms with van der Waals surface area (Å²) < 4.78 is 0. The molecule has 106 valence electrons. The van der Waals surface area contributed by atoms with Gasteiger partial charge in [-0.1, -0.05) is 44.5 Å². The van der Waals surface area contributed by atoms with E-state index >= 15 is 0 Å². The average Bonchev–Trinajstić information content (AvgIpc) is 2.48. The molecule has 0 radical (unpaired) electrons. The molecule has 19 heavy (non-hydrogen) atoms. The molecule has 0 amide bonds. The van der Waals surface area contributed by atoms with Gasteiger partial charge in [0.1, 0.15) is 0 Å². The molecule has 2 nitrogen and oxygen atoms in total. The van der Waals surface area contributed by atoms with Gasteiger partial charge in [-0.05, 0) is 42.9 Å². The molecule has 1 aromatic carbocycles. The molecule has 2 atom stereocenters. The summed E-state index contributed by atoms with van der Waals surface area (Å²) in [6.07, 6.45) is 5.25. The Balaban J connectivity index is 1.73. The van der Waals surface area contributed by atoms with Crippen molar-refractivity contribution in [1.82, 2.24) is 10.6 Å². The molecule has 2 N–H and O–H groups in total. The zero-order chi connectivity index (χ0) is 13.5. The largest absolute Gasteiger partial charge is 0.313 e. The van der Waals surface area contributed by atoms with E-state index in [1.54, 1.807) is 0 Å². The van der Waals surface area contributed by atoms with Crippen molar-refractivity contribution < 1.29 is 0 Å². The van der Waals surface area contributed by atoms with E-state index in [0.29, 0.717) is 12.0 Å². The monoisotopic (exact) mass is 260 g/mol. The molecule has 0 bridgehead atoms. The Labute approximate surface area is 118 Å². The third kappa shape index (κ3) is 4.63. The molecule has 1 aromatic rings. The lowest BCUT2D eigenvalue weighted by molar-refractivity contribution is 0.383. The van der Waals surface area contributed by atoms with Gasteiger partial charge in [-0.3, -0.25) is 0 Å². The fraction of sp³-hybridized carbons (Fsp3) is 0.647. The van der Waals surface area contributed by atoms with Gasteiger partial charge in [-0.15, -0.1) is 0 Å². The standard InChI is InChI=1S/C17H28N2/c1-3-14(2)16-9-7-15(8-10-16)12-18-13-17-6-4-5-11-19-17/h7-10,14,17-19H,3-6,11-13H2,1-2H3. The lowest BCUT2D eigenvalue weighted by Crippen LogP contribution is -2.41. The third-order valence-electron chi connectivity index (χ3n) is 4.29. The van der Waals surface area contributed by atoms with Gasteiger partial charge in [-0.2, -0.15) is 0 Å². The molecular weight excluding hydrogens is 232 g/mol. The normalized spacial score (nSPS) is 21.3. The van der Waals surface area contributed by atoms with Gasteiger partial charge in [0.2, 0.25) is 0 Å². The van der Waals surface area contributed by atoms with Crippen LogP contribution in [0.2, 0.25) is 0 Å². The van der Waals surface area contributed by atoms with Gasteiger partial charge in [0, 0.05) is 19.1 Å². The predicted octanol–water partition coefficient (Wildman–Crippen LogP) is 3.43. The van der Waals surface area contributed by atoms with E-state index < -0.39 is 0 Å². The summed E-state index contributed by atoms with van der Waals surface area (Å²) in [6.45, 7) is 7.81. The van der Waals surface area contributed by atoms with Crippen LogP contribution in [0.3, 0.4) is 0 Å². The van der Waals surface area contributed by atoms with Crippen LogP contribution in [0, 0.1) is 0 Å². The van der Waals surface area contributed by atoms with Crippen LogP contribution in [0.1, 0.15) is 56.6 Å². The van der Waals surface area contributed by atoms with Crippen molar-refractivity contribution in [2.24, 2.45) is 0 Å². The Morgan fingerprint density at radius 1 is 1.26 bits per heavy atom. The van der Waals surface area contributed by atoms with Gasteiger partial charge in [-0.25, -0.2) is 0 Å². The van der Waals surface area contributed by atoms with Crippen LogP contribution in [0.15, 0.2) is 24.3 Å². The van der Waals surface area contributed by atoms with Gasteiger partial charge in [0.25, 0.3) is 0 Å². The van der Waals surface area contributed by atoms with Crippen molar-refractivity contribution >= 4 is 0 Å². The zero-order valence-corrected chi connectivity index (χ0v) is 12.4. The van der Waals surface area contributed by atoms with E-state index in [-0.39, 0.29) is 0 Å². The second-order valence-electron chi connectivity index (χ2n) is 5.83. The van der Waals surface area contributed by atoms with Crippen LogP contribution in [0.4, 0.5) is 0 Å². The quantitative estimate of drug-likeness (QED) is 0.819. The van der Waals surface area contributed by atoms with Crippen molar-refractivity contribution in [1.29, 1.82) is 0 Å². The fourth-order valence-corrected chi connectivity index (χ4v) is 2.69. The molecule has 0 spiro atoms. The van der Waals surface area contributed by atoms with E-state index in [1.165, 1.54) is 43.4 Å². The number of hydrogen-bond acceptors (Lipinski definition) is 2. The highest BCUT2D eigenvalue weighted by Gasteiger charge is 2.11. The third-order valence-corrected chi connectivity index (χ3v) is 4.29. The molecule has 1 heterocycles. The predicted molar refractivity (Wildman–Crippen MR) is 82.5 cm³/mol. The summed E-state index contributed by atoms with van der Waals surface area (Å²) in [5.74, 6) is 0.674. The Bertz CT molecular complexity index is 352. The average molecular weight is 260 g/mol. The number of benzene rings is 1. The molecule has 0 saturated carbocycles. The van der Waals surface area contributed by atoms with Crippen LogP contribution in [-0.2, 0) is 6.54 Å². The molecule has 2 unspecified atom stereocenters. The van der Waals surface area contributed by atoms with Gasteiger partial charge < -0.3 is 10.6 Å². The van der Waals surface area contributed by atoms with E-state index in [4.69, 9.17) is 0 Å². The number of hydrogen-bond donors (Lipinski definition) is 2. The highest BCUT2D eigenvalue weighted by molar-refractivity contribution is 5.24. The Kier molecular flexibility index (Phi) is 5.87. The molecular formula is C17H28N2. The minimum absolute atomic E-state index is 0.674. The van der Waals surface area contributed by atoms with Crippen molar-refractivity contribution in [3.8, 4) is 0 Å². The number of rotatable bonds is 6. The SMILES string of the molecule is CCC(C)c1ccc(CNCC2CCCCN2)cc1. The van der Waals surface area contributed by atoms with Crippen LogP contribution in [0.25, 0.3) is 0 Å². The first-order valence-corrected chi connectivity index (χ1v) is 7.82. The summed E-state index contributed by atoms with van der Waals surface area (Å²) >= 11 is 0. The van der Waals surface area contributed by atoms with Crippen molar-refractivity contribution in [3.05, 3.63) is 35.4 Å². The first-order chi connectivity index (χ1) is 9.29. The zero-order valence-electron chi connectivity index (χ0n) is 12.4. The molecule has 0 aromatic heterocycles. The van der Waals surface area contributed by atoms with Crippen molar-refractivity contribution in [2.75, 3.05) is 13.1 Å². The highest BCUT2D eigenvalue weighted by Crippen LogP contribution is 2.18. The molecule has 1 saturated heterocycles. The lowest BCUT2D eigenvalue weighted by Gasteiger charge is -2.23. The van der Waals surface area contributed by atoms with E-state index in [1.807, 2.05) is 0 Å².